The Morgan fingerprint density at radius 3 is 2.33 bits per heavy atom. The van der Waals surface area contributed by atoms with Gasteiger partial charge in [-0.25, -0.2) is 4.39 Å². The Balaban J connectivity index is 2.13. The zero-order chi connectivity index (χ0) is 19.6. The van der Waals surface area contributed by atoms with Gasteiger partial charge in [0.25, 0.3) is 11.8 Å². The third-order valence-corrected chi connectivity index (χ3v) is 3.78. The third-order valence-electron chi connectivity index (χ3n) is 3.78. The quantitative estimate of drug-likeness (QED) is 0.556. The highest BCUT2D eigenvalue weighted by Crippen LogP contribution is 2.09. The molecule has 5 nitrogen and oxygen atoms in total. The molecule has 2 amide bonds. The summed E-state index contributed by atoms with van der Waals surface area (Å²) in [6, 6.07) is 14.3. The molecule has 6 heteroatoms. The number of carbonyl (C=O) groups excluding carboxylic acids is 2. The lowest BCUT2D eigenvalue weighted by Gasteiger charge is -2.13. The Morgan fingerprint density at radius 2 is 1.70 bits per heavy atom. The molecule has 0 aliphatic heterocycles. The molecule has 0 aliphatic carbocycles. The summed E-state index contributed by atoms with van der Waals surface area (Å²) in [7, 11) is 3.92. The van der Waals surface area contributed by atoms with Gasteiger partial charge in [0.15, 0.2) is 0 Å². The van der Waals surface area contributed by atoms with Gasteiger partial charge in [0.05, 0.1) is 0 Å². The lowest BCUT2D eigenvalue weighted by molar-refractivity contribution is -0.117. The molecular formula is C21H24FN3O2. The maximum absolute atomic E-state index is 13.1. The van der Waals surface area contributed by atoms with Crippen LogP contribution >= 0.6 is 0 Å². The van der Waals surface area contributed by atoms with Crippen LogP contribution in [0.1, 0.15) is 22.3 Å². The SMILES string of the molecule is CN(C)CCCNC(=O)/C(=C/c1ccc(F)cc1)NC(=O)c1ccccc1. The first-order valence-electron chi connectivity index (χ1n) is 8.72. The van der Waals surface area contributed by atoms with Crippen molar-refractivity contribution in [1.82, 2.24) is 15.5 Å². The van der Waals surface area contributed by atoms with Gasteiger partial charge in [-0.15, -0.1) is 0 Å². The molecule has 0 unspecified atom stereocenters. The Hall–Kier alpha value is -2.99. The zero-order valence-corrected chi connectivity index (χ0v) is 15.5. The summed E-state index contributed by atoms with van der Waals surface area (Å²) in [6.45, 7) is 1.33. The molecule has 0 aromatic heterocycles. The standard InChI is InChI=1S/C21H24FN3O2/c1-25(2)14-6-13-23-21(27)19(15-16-9-11-18(22)12-10-16)24-20(26)17-7-4-3-5-8-17/h3-5,7-12,15H,6,13-14H2,1-2H3,(H,23,27)(H,24,26)/b19-15-. The second kappa shape index (κ2) is 10.2. The van der Waals surface area contributed by atoms with Crippen molar-refractivity contribution in [2.45, 2.75) is 6.42 Å². The van der Waals surface area contributed by atoms with Crippen molar-refractivity contribution in [3.8, 4) is 0 Å². The zero-order valence-electron chi connectivity index (χ0n) is 15.5. The van der Waals surface area contributed by atoms with Crippen molar-refractivity contribution in [3.63, 3.8) is 0 Å². The predicted molar refractivity (Wildman–Crippen MR) is 104 cm³/mol. The summed E-state index contributed by atoms with van der Waals surface area (Å²) in [5.74, 6) is -1.13. The molecule has 0 spiro atoms. The van der Waals surface area contributed by atoms with Crippen LogP contribution in [0.5, 0.6) is 0 Å². The molecule has 27 heavy (non-hydrogen) atoms. The number of hydrogen-bond donors (Lipinski definition) is 2. The van der Waals surface area contributed by atoms with Crippen molar-refractivity contribution in [1.29, 1.82) is 0 Å². The number of nitrogens with zero attached hydrogens (tertiary/aromatic N) is 1. The van der Waals surface area contributed by atoms with Gasteiger partial charge in [-0.1, -0.05) is 30.3 Å². The molecule has 0 bridgehead atoms. The first-order valence-corrected chi connectivity index (χ1v) is 8.72. The Labute approximate surface area is 158 Å². The van der Waals surface area contributed by atoms with E-state index in [2.05, 4.69) is 10.6 Å². The van der Waals surface area contributed by atoms with E-state index in [1.54, 1.807) is 36.4 Å². The van der Waals surface area contributed by atoms with Crippen LogP contribution in [-0.4, -0.2) is 43.9 Å². The van der Waals surface area contributed by atoms with Crippen LogP contribution in [0.3, 0.4) is 0 Å². The lowest BCUT2D eigenvalue weighted by Crippen LogP contribution is -2.36. The number of rotatable bonds is 8. The first-order chi connectivity index (χ1) is 13.0. The summed E-state index contributed by atoms with van der Waals surface area (Å²) in [4.78, 5) is 27.0. The summed E-state index contributed by atoms with van der Waals surface area (Å²) in [6.07, 6.45) is 2.32. The Morgan fingerprint density at radius 1 is 1.04 bits per heavy atom. The summed E-state index contributed by atoms with van der Waals surface area (Å²) >= 11 is 0. The van der Waals surface area contributed by atoms with Gasteiger partial charge in [-0.05, 0) is 63.0 Å². The van der Waals surface area contributed by atoms with E-state index in [4.69, 9.17) is 0 Å². The average molecular weight is 369 g/mol. The molecule has 0 fully saturated rings. The Bertz CT molecular complexity index is 787. The molecule has 2 N–H and O–H groups in total. The van der Waals surface area contributed by atoms with Gasteiger partial charge in [0.1, 0.15) is 11.5 Å². The van der Waals surface area contributed by atoms with Crippen LogP contribution in [0, 0.1) is 5.82 Å². The van der Waals surface area contributed by atoms with Crippen molar-refractivity contribution in [2.75, 3.05) is 27.2 Å². The molecule has 0 atom stereocenters. The molecule has 0 saturated heterocycles. The fraction of sp³-hybridized carbons (Fsp3) is 0.238. The maximum Gasteiger partial charge on any atom is 0.267 e. The van der Waals surface area contributed by atoms with Gasteiger partial charge in [0, 0.05) is 12.1 Å². The second-order valence-corrected chi connectivity index (χ2v) is 6.34. The minimum absolute atomic E-state index is 0.111. The molecule has 0 saturated carbocycles. The highest BCUT2D eigenvalue weighted by atomic mass is 19.1. The van der Waals surface area contributed by atoms with E-state index in [0.717, 1.165) is 13.0 Å². The fourth-order valence-corrected chi connectivity index (χ4v) is 2.36. The minimum atomic E-state index is -0.387. The molecule has 0 radical (unpaired) electrons. The topological polar surface area (TPSA) is 61.4 Å². The van der Waals surface area contributed by atoms with Gasteiger partial charge >= 0.3 is 0 Å². The molecule has 142 valence electrons. The van der Waals surface area contributed by atoms with Gasteiger partial charge in [0.2, 0.25) is 0 Å². The molecule has 0 heterocycles. The highest BCUT2D eigenvalue weighted by Gasteiger charge is 2.14. The number of carbonyl (C=O) groups is 2. The van der Waals surface area contributed by atoms with Crippen LogP contribution in [-0.2, 0) is 4.79 Å². The van der Waals surface area contributed by atoms with Gasteiger partial charge in [-0.3, -0.25) is 9.59 Å². The van der Waals surface area contributed by atoms with E-state index in [9.17, 15) is 14.0 Å². The molecule has 0 aliphatic rings. The average Bonchev–Trinajstić information content (AvgIpc) is 2.66. The fourth-order valence-electron chi connectivity index (χ4n) is 2.36. The van der Waals surface area contributed by atoms with E-state index in [-0.39, 0.29) is 23.3 Å². The lowest BCUT2D eigenvalue weighted by atomic mass is 10.1. The second-order valence-electron chi connectivity index (χ2n) is 6.34. The first kappa shape index (κ1) is 20.3. The van der Waals surface area contributed by atoms with Crippen LogP contribution in [0.15, 0.2) is 60.3 Å². The van der Waals surface area contributed by atoms with Crippen LogP contribution in [0.25, 0.3) is 6.08 Å². The maximum atomic E-state index is 13.1. The number of halogens is 1. The van der Waals surface area contributed by atoms with Gasteiger partial charge < -0.3 is 15.5 Å². The van der Waals surface area contributed by atoms with E-state index >= 15 is 0 Å². The largest absolute Gasteiger partial charge is 0.351 e. The van der Waals surface area contributed by atoms with Crippen LogP contribution < -0.4 is 10.6 Å². The Kier molecular flexibility index (Phi) is 7.70. The summed E-state index contributed by atoms with van der Waals surface area (Å²) < 4.78 is 13.1. The number of nitrogens with one attached hydrogen (secondary N) is 2. The molecular weight excluding hydrogens is 345 g/mol. The molecule has 2 aromatic rings. The van der Waals surface area contributed by atoms with Crippen molar-refractivity contribution in [3.05, 3.63) is 77.2 Å². The minimum Gasteiger partial charge on any atom is -0.351 e. The summed E-state index contributed by atoms with van der Waals surface area (Å²) in [5.41, 5.74) is 1.17. The van der Waals surface area contributed by atoms with Crippen molar-refractivity contribution >= 4 is 17.9 Å². The monoisotopic (exact) mass is 369 g/mol. The van der Waals surface area contributed by atoms with E-state index in [1.165, 1.54) is 18.2 Å². The normalized spacial score (nSPS) is 11.3. The molecule has 2 rings (SSSR count). The third kappa shape index (κ3) is 7.03. The smallest absolute Gasteiger partial charge is 0.267 e. The van der Waals surface area contributed by atoms with Crippen LogP contribution in [0.4, 0.5) is 4.39 Å². The van der Waals surface area contributed by atoms with Crippen molar-refractivity contribution < 1.29 is 14.0 Å². The number of benzene rings is 2. The van der Waals surface area contributed by atoms with E-state index in [1.807, 2.05) is 25.1 Å². The van der Waals surface area contributed by atoms with E-state index in [0.29, 0.717) is 17.7 Å². The number of hydrogen-bond acceptors (Lipinski definition) is 3. The predicted octanol–water partition coefficient (Wildman–Crippen LogP) is 2.66. The summed E-state index contributed by atoms with van der Waals surface area (Å²) in [5, 5.41) is 5.46. The molecule has 2 aromatic carbocycles. The van der Waals surface area contributed by atoms with Crippen molar-refractivity contribution in [2.24, 2.45) is 0 Å². The van der Waals surface area contributed by atoms with Crippen LogP contribution in [0.2, 0.25) is 0 Å². The van der Waals surface area contributed by atoms with E-state index < -0.39 is 0 Å². The van der Waals surface area contributed by atoms with Gasteiger partial charge in [-0.2, -0.15) is 0 Å². The highest BCUT2D eigenvalue weighted by molar-refractivity contribution is 6.05. The number of amides is 2.